The van der Waals surface area contributed by atoms with Gasteiger partial charge >= 0.3 is 0 Å². The second kappa shape index (κ2) is 4.87. The third-order valence-corrected chi connectivity index (χ3v) is 5.00. The van der Waals surface area contributed by atoms with Crippen molar-refractivity contribution in [1.29, 1.82) is 0 Å². The summed E-state index contributed by atoms with van der Waals surface area (Å²) < 4.78 is 36.6. The van der Waals surface area contributed by atoms with E-state index in [0.717, 1.165) is 5.56 Å². The Morgan fingerprint density at radius 1 is 1.44 bits per heavy atom. The SMILES string of the molecule is COc1ccc(S(=O)(=O)N2CCOC2C)cc1C. The van der Waals surface area contributed by atoms with Gasteiger partial charge < -0.3 is 9.47 Å². The summed E-state index contributed by atoms with van der Waals surface area (Å²) in [4.78, 5) is 0.276. The molecule has 1 aliphatic rings. The highest BCUT2D eigenvalue weighted by atomic mass is 32.2. The molecule has 1 unspecified atom stereocenters. The van der Waals surface area contributed by atoms with Crippen LogP contribution in [0.25, 0.3) is 0 Å². The molecule has 0 bridgehead atoms. The first-order valence-corrected chi connectivity index (χ1v) is 7.19. The lowest BCUT2D eigenvalue weighted by Gasteiger charge is -2.19. The van der Waals surface area contributed by atoms with Crippen molar-refractivity contribution in [1.82, 2.24) is 4.31 Å². The summed E-state index contributed by atoms with van der Waals surface area (Å²) in [6.45, 7) is 4.40. The maximum absolute atomic E-state index is 12.4. The zero-order chi connectivity index (χ0) is 13.3. The standard InChI is InChI=1S/C12H17NO4S/c1-9-8-11(4-5-12(9)16-3)18(14,15)13-6-7-17-10(13)2/h4-5,8,10H,6-7H2,1-3H3. The van der Waals surface area contributed by atoms with Crippen molar-refractivity contribution in [3.8, 4) is 5.75 Å². The van der Waals surface area contributed by atoms with Crippen LogP contribution < -0.4 is 4.74 Å². The summed E-state index contributed by atoms with van der Waals surface area (Å²) >= 11 is 0. The van der Waals surface area contributed by atoms with Gasteiger partial charge in [-0.25, -0.2) is 8.42 Å². The summed E-state index contributed by atoms with van der Waals surface area (Å²) in [7, 11) is -1.92. The lowest BCUT2D eigenvalue weighted by atomic mass is 10.2. The molecule has 1 atom stereocenters. The van der Waals surface area contributed by atoms with Gasteiger partial charge in [0.2, 0.25) is 10.0 Å². The molecule has 1 saturated heterocycles. The average Bonchev–Trinajstić information content (AvgIpc) is 2.76. The van der Waals surface area contributed by atoms with E-state index in [2.05, 4.69) is 0 Å². The number of hydrogen-bond donors (Lipinski definition) is 0. The van der Waals surface area contributed by atoms with Crippen LogP contribution in [0.1, 0.15) is 12.5 Å². The first kappa shape index (κ1) is 13.3. The van der Waals surface area contributed by atoms with Crippen molar-refractivity contribution in [3.63, 3.8) is 0 Å². The quantitative estimate of drug-likeness (QED) is 0.833. The highest BCUT2D eigenvalue weighted by Crippen LogP contribution is 2.26. The molecule has 0 radical (unpaired) electrons. The normalized spacial score (nSPS) is 21.2. The number of methoxy groups -OCH3 is 1. The van der Waals surface area contributed by atoms with Crippen molar-refractivity contribution in [2.75, 3.05) is 20.3 Å². The first-order chi connectivity index (χ1) is 8.46. The zero-order valence-corrected chi connectivity index (χ0v) is 11.5. The van der Waals surface area contributed by atoms with E-state index in [1.807, 2.05) is 6.92 Å². The van der Waals surface area contributed by atoms with Gasteiger partial charge in [0.1, 0.15) is 12.0 Å². The molecule has 1 heterocycles. The molecule has 0 aromatic heterocycles. The number of nitrogens with zero attached hydrogens (tertiary/aromatic N) is 1. The number of aryl methyl sites for hydroxylation is 1. The van der Waals surface area contributed by atoms with Crippen LogP contribution in [0.5, 0.6) is 5.75 Å². The van der Waals surface area contributed by atoms with Crippen molar-refractivity contribution in [2.45, 2.75) is 25.0 Å². The third kappa shape index (κ3) is 2.23. The van der Waals surface area contributed by atoms with Gasteiger partial charge in [0.15, 0.2) is 0 Å². The van der Waals surface area contributed by atoms with Crippen LogP contribution in [0, 0.1) is 6.92 Å². The first-order valence-electron chi connectivity index (χ1n) is 5.75. The van der Waals surface area contributed by atoms with Gasteiger partial charge in [-0.05, 0) is 37.6 Å². The fraction of sp³-hybridized carbons (Fsp3) is 0.500. The van der Waals surface area contributed by atoms with Crippen LogP contribution in [0.3, 0.4) is 0 Å². The molecule has 2 rings (SSSR count). The van der Waals surface area contributed by atoms with Crippen molar-refractivity contribution in [3.05, 3.63) is 23.8 Å². The van der Waals surface area contributed by atoms with Gasteiger partial charge in [-0.2, -0.15) is 4.31 Å². The minimum atomic E-state index is -3.48. The molecule has 0 aliphatic carbocycles. The van der Waals surface area contributed by atoms with Crippen LogP contribution in [-0.2, 0) is 14.8 Å². The second-order valence-electron chi connectivity index (χ2n) is 4.22. The molecule has 6 heteroatoms. The lowest BCUT2D eigenvalue weighted by molar-refractivity contribution is 0.0846. The second-order valence-corrected chi connectivity index (χ2v) is 6.11. The molecular weight excluding hydrogens is 254 g/mol. The van der Waals surface area contributed by atoms with Gasteiger partial charge in [0.25, 0.3) is 0 Å². The molecule has 1 fully saturated rings. The van der Waals surface area contributed by atoms with E-state index in [4.69, 9.17) is 9.47 Å². The van der Waals surface area contributed by atoms with Gasteiger partial charge in [0, 0.05) is 6.54 Å². The predicted molar refractivity (Wildman–Crippen MR) is 67.0 cm³/mol. The van der Waals surface area contributed by atoms with E-state index in [1.165, 1.54) is 4.31 Å². The summed E-state index contributed by atoms with van der Waals surface area (Å²) in [5.41, 5.74) is 0.798. The molecule has 0 N–H and O–H groups in total. The maximum Gasteiger partial charge on any atom is 0.245 e. The summed E-state index contributed by atoms with van der Waals surface area (Å²) in [5, 5.41) is 0. The van der Waals surface area contributed by atoms with Crippen LogP contribution in [0.4, 0.5) is 0 Å². The topological polar surface area (TPSA) is 55.8 Å². The number of sulfonamides is 1. The largest absolute Gasteiger partial charge is 0.496 e. The van der Waals surface area contributed by atoms with Crippen LogP contribution >= 0.6 is 0 Å². The monoisotopic (exact) mass is 271 g/mol. The van der Waals surface area contributed by atoms with Crippen molar-refractivity contribution in [2.24, 2.45) is 0 Å². The van der Waals surface area contributed by atoms with Crippen molar-refractivity contribution < 1.29 is 17.9 Å². The average molecular weight is 271 g/mol. The Morgan fingerprint density at radius 2 is 2.17 bits per heavy atom. The lowest BCUT2D eigenvalue weighted by Crippen LogP contribution is -2.34. The molecular formula is C12H17NO4S. The Morgan fingerprint density at radius 3 is 2.67 bits per heavy atom. The van der Waals surface area contributed by atoms with E-state index in [1.54, 1.807) is 32.2 Å². The van der Waals surface area contributed by atoms with E-state index in [9.17, 15) is 8.42 Å². The van der Waals surface area contributed by atoms with E-state index in [-0.39, 0.29) is 4.90 Å². The smallest absolute Gasteiger partial charge is 0.245 e. The van der Waals surface area contributed by atoms with E-state index in [0.29, 0.717) is 18.9 Å². The Labute approximate surface area is 107 Å². The highest BCUT2D eigenvalue weighted by molar-refractivity contribution is 7.89. The Balaban J connectivity index is 2.38. The minimum Gasteiger partial charge on any atom is -0.496 e. The fourth-order valence-electron chi connectivity index (χ4n) is 2.04. The molecule has 0 saturated carbocycles. The fourth-order valence-corrected chi connectivity index (χ4v) is 3.64. The number of benzene rings is 1. The third-order valence-electron chi connectivity index (χ3n) is 3.05. The molecule has 0 amide bonds. The molecule has 0 spiro atoms. The molecule has 1 aliphatic heterocycles. The van der Waals surface area contributed by atoms with E-state index >= 15 is 0 Å². The predicted octanol–water partition coefficient (Wildman–Crippen LogP) is 1.37. The summed E-state index contributed by atoms with van der Waals surface area (Å²) in [6.07, 6.45) is -0.405. The van der Waals surface area contributed by atoms with E-state index < -0.39 is 16.3 Å². The molecule has 100 valence electrons. The molecule has 1 aromatic rings. The van der Waals surface area contributed by atoms with Crippen LogP contribution in [0.15, 0.2) is 23.1 Å². The summed E-state index contributed by atoms with van der Waals surface area (Å²) in [5.74, 6) is 0.680. The van der Waals surface area contributed by atoms with Gasteiger partial charge in [-0.3, -0.25) is 0 Å². The Hall–Kier alpha value is -1.11. The van der Waals surface area contributed by atoms with Crippen LogP contribution in [-0.4, -0.2) is 39.2 Å². The highest BCUT2D eigenvalue weighted by Gasteiger charge is 2.33. The van der Waals surface area contributed by atoms with Gasteiger partial charge in [0.05, 0.1) is 18.6 Å². The number of rotatable bonds is 3. The molecule has 5 nitrogen and oxygen atoms in total. The Kier molecular flexibility index (Phi) is 3.61. The molecule has 1 aromatic carbocycles. The number of ether oxygens (including phenoxy) is 2. The summed E-state index contributed by atoms with van der Waals surface area (Å²) in [6, 6.07) is 4.86. The maximum atomic E-state index is 12.4. The van der Waals surface area contributed by atoms with Gasteiger partial charge in [-0.15, -0.1) is 0 Å². The van der Waals surface area contributed by atoms with Gasteiger partial charge in [-0.1, -0.05) is 0 Å². The number of hydrogen-bond acceptors (Lipinski definition) is 4. The molecule has 18 heavy (non-hydrogen) atoms. The minimum absolute atomic E-state index is 0.276. The zero-order valence-electron chi connectivity index (χ0n) is 10.7. The van der Waals surface area contributed by atoms with Crippen LogP contribution in [0.2, 0.25) is 0 Å². The van der Waals surface area contributed by atoms with Crippen molar-refractivity contribution >= 4 is 10.0 Å². The Bertz CT molecular complexity index is 541.